The molecule has 1 aromatic heterocycles. The number of anilines is 1. The monoisotopic (exact) mass is 425 g/mol. The standard InChI is InChI=1S/C16H15N3O5S3/c1-24-14-6-4-12(19(20)21)7-10(14)9-25-16-17-13-5-3-11(8-15(13)26-16)18-27(2,22)23/h3-8,18H,9H2,1-2H3. The van der Waals surface area contributed by atoms with E-state index in [0.29, 0.717) is 22.8 Å². The molecule has 0 bridgehead atoms. The number of nitro benzene ring substituents is 1. The van der Waals surface area contributed by atoms with Crippen LogP contribution in [0.1, 0.15) is 5.56 Å². The van der Waals surface area contributed by atoms with Gasteiger partial charge in [-0.25, -0.2) is 13.4 Å². The second-order valence-corrected chi connectivity index (χ2v) is 9.58. The van der Waals surface area contributed by atoms with Crippen molar-refractivity contribution >= 4 is 54.7 Å². The summed E-state index contributed by atoms with van der Waals surface area (Å²) >= 11 is 2.86. The zero-order chi connectivity index (χ0) is 19.6. The van der Waals surface area contributed by atoms with E-state index in [1.54, 1.807) is 24.3 Å². The third-order valence-corrected chi connectivity index (χ3v) is 6.31. The fourth-order valence-corrected chi connectivity index (χ4v) is 5.01. The van der Waals surface area contributed by atoms with Crippen molar-refractivity contribution in [3.8, 4) is 5.75 Å². The van der Waals surface area contributed by atoms with Crippen molar-refractivity contribution in [3.05, 3.63) is 52.1 Å². The number of ether oxygens (including phenoxy) is 1. The van der Waals surface area contributed by atoms with E-state index in [0.717, 1.165) is 20.8 Å². The Kier molecular flexibility index (Phi) is 5.53. The Labute approximate surface area is 163 Å². The summed E-state index contributed by atoms with van der Waals surface area (Å²) in [5.74, 6) is 1.04. The number of sulfonamides is 1. The fourth-order valence-electron chi connectivity index (χ4n) is 2.37. The molecular weight excluding hydrogens is 410 g/mol. The van der Waals surface area contributed by atoms with Gasteiger partial charge >= 0.3 is 0 Å². The number of fused-ring (bicyclic) bond motifs is 1. The number of benzene rings is 2. The van der Waals surface area contributed by atoms with E-state index in [1.807, 2.05) is 0 Å². The lowest BCUT2D eigenvalue weighted by molar-refractivity contribution is -0.384. The van der Waals surface area contributed by atoms with Gasteiger partial charge in [0, 0.05) is 23.4 Å². The van der Waals surface area contributed by atoms with Crippen LogP contribution in [0.3, 0.4) is 0 Å². The predicted molar refractivity (Wildman–Crippen MR) is 107 cm³/mol. The van der Waals surface area contributed by atoms with Crippen molar-refractivity contribution in [2.45, 2.75) is 10.1 Å². The van der Waals surface area contributed by atoms with Crippen molar-refractivity contribution in [1.82, 2.24) is 4.98 Å². The molecule has 0 amide bonds. The van der Waals surface area contributed by atoms with Crippen LogP contribution in [-0.4, -0.2) is 31.7 Å². The molecule has 0 aliphatic carbocycles. The Morgan fingerprint density at radius 1 is 1.30 bits per heavy atom. The summed E-state index contributed by atoms with van der Waals surface area (Å²) in [4.78, 5) is 15.0. The first-order valence-corrected chi connectivity index (χ1v) is 11.3. The Morgan fingerprint density at radius 2 is 2.07 bits per heavy atom. The van der Waals surface area contributed by atoms with Crippen molar-refractivity contribution < 1.29 is 18.1 Å². The van der Waals surface area contributed by atoms with Crippen LogP contribution in [0.25, 0.3) is 10.2 Å². The van der Waals surface area contributed by atoms with Gasteiger partial charge in [-0.15, -0.1) is 11.3 Å². The highest BCUT2D eigenvalue weighted by Crippen LogP contribution is 2.35. The van der Waals surface area contributed by atoms with E-state index in [-0.39, 0.29) is 5.69 Å². The number of nitrogens with one attached hydrogen (secondary N) is 1. The Morgan fingerprint density at radius 3 is 2.74 bits per heavy atom. The molecule has 0 aliphatic heterocycles. The quantitative estimate of drug-likeness (QED) is 0.347. The number of nitrogens with zero attached hydrogens (tertiary/aromatic N) is 2. The number of aromatic nitrogens is 1. The summed E-state index contributed by atoms with van der Waals surface area (Å²) in [6.45, 7) is 0. The zero-order valence-electron chi connectivity index (χ0n) is 14.3. The van der Waals surface area contributed by atoms with Crippen molar-refractivity contribution in [3.63, 3.8) is 0 Å². The van der Waals surface area contributed by atoms with E-state index in [1.165, 1.54) is 42.3 Å². The van der Waals surface area contributed by atoms with E-state index in [4.69, 9.17) is 4.74 Å². The third-order valence-electron chi connectivity index (χ3n) is 3.50. The van der Waals surface area contributed by atoms with E-state index in [9.17, 15) is 18.5 Å². The molecule has 0 aliphatic rings. The average molecular weight is 426 g/mol. The molecule has 11 heteroatoms. The minimum atomic E-state index is -3.34. The summed E-state index contributed by atoms with van der Waals surface area (Å²) in [6, 6.07) is 9.61. The molecule has 142 valence electrons. The zero-order valence-corrected chi connectivity index (χ0v) is 16.8. The van der Waals surface area contributed by atoms with E-state index < -0.39 is 14.9 Å². The van der Waals surface area contributed by atoms with Crippen LogP contribution in [0.5, 0.6) is 5.75 Å². The van der Waals surface area contributed by atoms with E-state index >= 15 is 0 Å². The molecule has 0 spiro atoms. The van der Waals surface area contributed by atoms with Crippen LogP contribution < -0.4 is 9.46 Å². The largest absolute Gasteiger partial charge is 0.496 e. The minimum Gasteiger partial charge on any atom is -0.496 e. The van der Waals surface area contributed by atoms with Gasteiger partial charge in [-0.05, 0) is 24.3 Å². The molecule has 1 N–H and O–H groups in total. The van der Waals surface area contributed by atoms with Gasteiger partial charge in [0.2, 0.25) is 10.0 Å². The normalized spacial score (nSPS) is 11.5. The van der Waals surface area contributed by atoms with Crippen LogP contribution in [0.4, 0.5) is 11.4 Å². The average Bonchev–Trinajstić information content (AvgIpc) is 3.00. The molecule has 1 heterocycles. The lowest BCUT2D eigenvalue weighted by atomic mass is 10.2. The molecule has 0 atom stereocenters. The first-order valence-electron chi connectivity index (χ1n) is 7.57. The molecule has 0 saturated carbocycles. The highest BCUT2D eigenvalue weighted by atomic mass is 32.2. The number of hydrogen-bond acceptors (Lipinski definition) is 8. The maximum Gasteiger partial charge on any atom is 0.270 e. The van der Waals surface area contributed by atoms with Gasteiger partial charge < -0.3 is 4.74 Å². The number of nitro groups is 1. The van der Waals surface area contributed by atoms with Gasteiger partial charge in [0.25, 0.3) is 5.69 Å². The summed E-state index contributed by atoms with van der Waals surface area (Å²) in [5.41, 5.74) is 1.95. The SMILES string of the molecule is COc1ccc([N+](=O)[O-])cc1CSc1nc2ccc(NS(C)(=O)=O)cc2s1. The summed E-state index contributed by atoms with van der Waals surface area (Å²) < 4.78 is 32.0. The number of thiazole rings is 1. The van der Waals surface area contributed by atoms with Gasteiger partial charge in [0.1, 0.15) is 5.75 Å². The van der Waals surface area contributed by atoms with Gasteiger partial charge in [0.15, 0.2) is 4.34 Å². The van der Waals surface area contributed by atoms with Crippen molar-refractivity contribution in [2.75, 3.05) is 18.1 Å². The van der Waals surface area contributed by atoms with Crippen LogP contribution >= 0.6 is 23.1 Å². The van der Waals surface area contributed by atoms with Gasteiger partial charge in [-0.1, -0.05) is 11.8 Å². The number of hydrogen-bond donors (Lipinski definition) is 1. The first-order chi connectivity index (χ1) is 12.7. The summed E-state index contributed by atoms with van der Waals surface area (Å²) in [5, 5.41) is 11.0. The van der Waals surface area contributed by atoms with Crippen molar-refractivity contribution in [1.29, 1.82) is 0 Å². The maximum absolute atomic E-state index is 11.3. The van der Waals surface area contributed by atoms with Crippen LogP contribution in [0, 0.1) is 10.1 Å². The molecule has 8 nitrogen and oxygen atoms in total. The lowest BCUT2D eigenvalue weighted by Crippen LogP contribution is -2.09. The predicted octanol–water partition coefficient (Wildman–Crippen LogP) is 3.88. The molecule has 2 aromatic carbocycles. The smallest absolute Gasteiger partial charge is 0.270 e. The van der Waals surface area contributed by atoms with Crippen LogP contribution in [0.2, 0.25) is 0 Å². The number of methoxy groups -OCH3 is 1. The molecule has 0 unspecified atom stereocenters. The molecule has 3 aromatic rings. The summed E-state index contributed by atoms with van der Waals surface area (Å²) in [6.07, 6.45) is 1.09. The van der Waals surface area contributed by atoms with E-state index in [2.05, 4.69) is 9.71 Å². The Bertz CT molecular complexity index is 1110. The Hall–Kier alpha value is -2.37. The second kappa shape index (κ2) is 7.71. The number of thioether (sulfide) groups is 1. The van der Waals surface area contributed by atoms with Gasteiger partial charge in [0.05, 0.1) is 34.2 Å². The number of rotatable bonds is 7. The summed E-state index contributed by atoms with van der Waals surface area (Å²) in [7, 11) is -1.83. The van der Waals surface area contributed by atoms with Gasteiger partial charge in [-0.3, -0.25) is 14.8 Å². The molecule has 27 heavy (non-hydrogen) atoms. The second-order valence-electron chi connectivity index (χ2n) is 5.58. The van der Waals surface area contributed by atoms with Crippen LogP contribution in [-0.2, 0) is 15.8 Å². The molecular formula is C16H15N3O5S3. The first kappa shape index (κ1) is 19.4. The maximum atomic E-state index is 11.3. The van der Waals surface area contributed by atoms with Crippen LogP contribution in [0.15, 0.2) is 40.7 Å². The topological polar surface area (TPSA) is 111 Å². The highest BCUT2D eigenvalue weighted by Gasteiger charge is 2.13. The molecule has 3 rings (SSSR count). The molecule has 0 fully saturated rings. The van der Waals surface area contributed by atoms with Gasteiger partial charge in [-0.2, -0.15) is 0 Å². The van der Waals surface area contributed by atoms with Crippen molar-refractivity contribution in [2.24, 2.45) is 0 Å². The third kappa shape index (κ3) is 4.87. The number of non-ortho nitro benzene ring substituents is 1. The minimum absolute atomic E-state index is 0.00666. The lowest BCUT2D eigenvalue weighted by Gasteiger charge is -2.06. The highest BCUT2D eigenvalue weighted by molar-refractivity contribution is 8.00. The molecule has 0 radical (unpaired) electrons. The molecule has 0 saturated heterocycles. The fraction of sp³-hybridized carbons (Fsp3) is 0.188. The Balaban J connectivity index is 1.81.